The van der Waals surface area contributed by atoms with Crippen LogP contribution in [0.1, 0.15) is 6.92 Å². The lowest BCUT2D eigenvalue weighted by atomic mass is 9.93. The average Bonchev–Trinajstić information content (AvgIpc) is 2.07. The second-order valence-electron chi connectivity index (χ2n) is 2.60. The molecule has 62 valence electrons. The largest absolute Gasteiger partial charge is 0.302 e. The van der Waals surface area contributed by atoms with Crippen LogP contribution in [0.5, 0.6) is 0 Å². The van der Waals surface area contributed by atoms with Gasteiger partial charge in [-0.1, -0.05) is 12.2 Å². The van der Waals surface area contributed by atoms with Crippen LogP contribution in [-0.4, -0.2) is 17.7 Å². The van der Waals surface area contributed by atoms with Gasteiger partial charge < -0.3 is 5.41 Å². The van der Waals surface area contributed by atoms with Crippen molar-refractivity contribution >= 4 is 12.1 Å². The third-order valence-corrected chi connectivity index (χ3v) is 1.65. The fraction of sp³-hybridized carbons (Fsp3) is 0.250. The zero-order valence-electron chi connectivity index (χ0n) is 6.69. The van der Waals surface area contributed by atoms with Crippen LogP contribution >= 0.6 is 0 Å². The van der Waals surface area contributed by atoms with E-state index in [1.54, 1.807) is 31.2 Å². The van der Waals surface area contributed by atoms with E-state index in [0.29, 0.717) is 12.1 Å². The van der Waals surface area contributed by atoms with Crippen molar-refractivity contribution < 1.29 is 4.79 Å². The van der Waals surface area contributed by atoms with Crippen LogP contribution in [0, 0.1) is 5.41 Å². The number of allylic oxidation sites excluding steroid dienone is 2. The molecule has 12 heavy (non-hydrogen) atoms. The number of carbonyl (C=O) groups excluding carboxylic acids is 1. The fourth-order valence-electron chi connectivity index (χ4n) is 0.884. The van der Waals surface area contributed by atoms with Crippen molar-refractivity contribution in [3.8, 4) is 0 Å². The highest BCUT2D eigenvalue weighted by Gasteiger charge is 2.25. The molecule has 0 saturated carbocycles. The van der Waals surface area contributed by atoms with Crippen molar-refractivity contribution in [2.75, 3.05) is 0 Å². The van der Waals surface area contributed by atoms with E-state index < -0.39 is 5.54 Å². The minimum Gasteiger partial charge on any atom is -0.302 e. The highest BCUT2D eigenvalue weighted by Crippen LogP contribution is 2.18. The van der Waals surface area contributed by atoms with Gasteiger partial charge in [0.1, 0.15) is 5.54 Å². The lowest BCUT2D eigenvalue weighted by Crippen LogP contribution is -2.29. The number of azo groups is 1. The molecule has 1 aliphatic carbocycles. The summed E-state index contributed by atoms with van der Waals surface area (Å²) in [6, 6.07) is 0. The van der Waals surface area contributed by atoms with Crippen molar-refractivity contribution in [2.45, 2.75) is 12.5 Å². The Morgan fingerprint density at radius 2 is 2.33 bits per heavy atom. The summed E-state index contributed by atoms with van der Waals surface area (Å²) >= 11 is 0. The Morgan fingerprint density at radius 1 is 1.58 bits per heavy atom. The second-order valence-corrected chi connectivity index (χ2v) is 2.60. The SMILES string of the molecule is CC1(N=NC=O)C=CC=CC1=N. The zero-order chi connectivity index (χ0) is 9.03. The van der Waals surface area contributed by atoms with Gasteiger partial charge in [0.25, 0.3) is 6.41 Å². The molecule has 0 spiro atoms. The van der Waals surface area contributed by atoms with Crippen molar-refractivity contribution in [1.29, 1.82) is 5.41 Å². The minimum absolute atomic E-state index is 0.329. The predicted octanol–water partition coefficient (Wildman–Crippen LogP) is 1.50. The van der Waals surface area contributed by atoms with E-state index in [1.165, 1.54) is 0 Å². The van der Waals surface area contributed by atoms with Crippen LogP contribution in [0.25, 0.3) is 0 Å². The highest BCUT2D eigenvalue weighted by molar-refractivity contribution is 6.02. The first-order valence-electron chi connectivity index (χ1n) is 3.49. The van der Waals surface area contributed by atoms with E-state index >= 15 is 0 Å². The van der Waals surface area contributed by atoms with Crippen LogP contribution in [0.2, 0.25) is 0 Å². The summed E-state index contributed by atoms with van der Waals surface area (Å²) in [6.07, 6.45) is 7.25. The van der Waals surface area contributed by atoms with Crippen LogP contribution < -0.4 is 0 Å². The summed E-state index contributed by atoms with van der Waals surface area (Å²) in [6.45, 7) is 1.72. The maximum Gasteiger partial charge on any atom is 0.252 e. The van der Waals surface area contributed by atoms with Crippen molar-refractivity contribution in [3.05, 3.63) is 24.3 Å². The quantitative estimate of drug-likeness (QED) is 0.486. The maximum absolute atomic E-state index is 9.92. The fourth-order valence-corrected chi connectivity index (χ4v) is 0.884. The molecule has 1 atom stereocenters. The summed E-state index contributed by atoms with van der Waals surface area (Å²) < 4.78 is 0. The van der Waals surface area contributed by atoms with Gasteiger partial charge in [-0.2, -0.15) is 5.11 Å². The van der Waals surface area contributed by atoms with E-state index in [9.17, 15) is 4.79 Å². The third-order valence-electron chi connectivity index (χ3n) is 1.65. The predicted molar refractivity (Wildman–Crippen MR) is 45.3 cm³/mol. The molecular weight excluding hydrogens is 154 g/mol. The Balaban J connectivity index is 2.90. The number of nitrogens with one attached hydrogen (secondary N) is 1. The monoisotopic (exact) mass is 163 g/mol. The Kier molecular flexibility index (Phi) is 2.28. The summed E-state index contributed by atoms with van der Waals surface area (Å²) in [4.78, 5) is 9.92. The molecule has 1 aliphatic rings. The Bertz CT molecular complexity index is 291. The number of hydrogen-bond acceptors (Lipinski definition) is 3. The smallest absolute Gasteiger partial charge is 0.252 e. The lowest BCUT2D eigenvalue weighted by Gasteiger charge is -2.19. The molecule has 0 radical (unpaired) electrons. The molecule has 0 fully saturated rings. The van der Waals surface area contributed by atoms with Gasteiger partial charge in [-0.3, -0.25) is 4.79 Å². The summed E-state index contributed by atoms with van der Waals surface area (Å²) in [7, 11) is 0. The van der Waals surface area contributed by atoms with Gasteiger partial charge in [-0.05, 0) is 19.1 Å². The first kappa shape index (κ1) is 8.52. The molecule has 0 bridgehead atoms. The maximum atomic E-state index is 9.92. The molecule has 0 aliphatic heterocycles. The number of nitrogens with zero attached hydrogens (tertiary/aromatic N) is 2. The Morgan fingerprint density at radius 3 is 2.92 bits per heavy atom. The van der Waals surface area contributed by atoms with Crippen molar-refractivity contribution in [1.82, 2.24) is 0 Å². The molecule has 0 saturated heterocycles. The van der Waals surface area contributed by atoms with Gasteiger partial charge in [0, 0.05) is 0 Å². The van der Waals surface area contributed by atoms with Crippen molar-refractivity contribution in [2.24, 2.45) is 10.2 Å². The second kappa shape index (κ2) is 3.21. The lowest BCUT2D eigenvalue weighted by molar-refractivity contribution is -0.107. The first-order chi connectivity index (χ1) is 5.69. The van der Waals surface area contributed by atoms with Crippen molar-refractivity contribution in [3.63, 3.8) is 0 Å². The van der Waals surface area contributed by atoms with E-state index in [4.69, 9.17) is 5.41 Å². The van der Waals surface area contributed by atoms with E-state index in [0.717, 1.165) is 0 Å². The molecule has 1 rings (SSSR count). The Hall–Kier alpha value is -1.58. The third kappa shape index (κ3) is 1.53. The number of rotatable bonds is 2. The van der Waals surface area contributed by atoms with Gasteiger partial charge in [0.05, 0.1) is 5.71 Å². The van der Waals surface area contributed by atoms with Gasteiger partial charge in [0.2, 0.25) is 0 Å². The van der Waals surface area contributed by atoms with Gasteiger partial charge in [0.15, 0.2) is 0 Å². The molecule has 4 nitrogen and oxygen atoms in total. The van der Waals surface area contributed by atoms with Gasteiger partial charge in [-0.25, -0.2) is 0 Å². The number of amides is 1. The molecule has 0 aromatic rings. The zero-order valence-corrected chi connectivity index (χ0v) is 6.69. The standard InChI is InChI=1S/C8H9N3O/c1-8(11-10-6-12)5-3-2-4-7(8)9/h2-6,9H,1H3. The molecule has 4 heteroatoms. The normalized spacial score (nSPS) is 28.2. The van der Waals surface area contributed by atoms with Gasteiger partial charge in [-0.15, -0.1) is 5.11 Å². The van der Waals surface area contributed by atoms with Crippen LogP contribution in [0.15, 0.2) is 34.5 Å². The summed E-state index contributed by atoms with van der Waals surface area (Å²) in [5, 5.41) is 14.5. The molecule has 0 aromatic carbocycles. The molecule has 1 amide bonds. The summed E-state index contributed by atoms with van der Waals surface area (Å²) in [5.74, 6) is 0. The van der Waals surface area contributed by atoms with E-state index in [-0.39, 0.29) is 0 Å². The van der Waals surface area contributed by atoms with Gasteiger partial charge >= 0.3 is 0 Å². The molecule has 0 heterocycles. The van der Waals surface area contributed by atoms with Crippen LogP contribution in [0.3, 0.4) is 0 Å². The summed E-state index contributed by atoms with van der Waals surface area (Å²) in [5.41, 5.74) is -0.439. The molecule has 1 unspecified atom stereocenters. The van der Waals surface area contributed by atoms with E-state index in [1.807, 2.05) is 0 Å². The first-order valence-corrected chi connectivity index (χ1v) is 3.49. The minimum atomic E-state index is -0.768. The Labute approximate surface area is 70.2 Å². The topological polar surface area (TPSA) is 65.6 Å². The highest BCUT2D eigenvalue weighted by atomic mass is 16.1. The average molecular weight is 163 g/mol. The van der Waals surface area contributed by atoms with Crippen LogP contribution in [-0.2, 0) is 4.79 Å². The molecule has 0 aromatic heterocycles. The molecule has 1 N–H and O–H groups in total. The van der Waals surface area contributed by atoms with Crippen LogP contribution in [0.4, 0.5) is 0 Å². The number of hydrogen-bond donors (Lipinski definition) is 1. The van der Waals surface area contributed by atoms with E-state index in [2.05, 4.69) is 10.2 Å². The number of carbonyl (C=O) groups is 1. The molecular formula is C8H9N3O.